The lowest BCUT2D eigenvalue weighted by molar-refractivity contribution is -0.141. The average Bonchev–Trinajstić information content (AvgIpc) is 2.53. The zero-order chi connectivity index (χ0) is 8.27. The highest BCUT2D eigenvalue weighted by atomic mass is 32.1. The smallest absolute Gasteiger partial charge is 0.315 e. The first-order chi connectivity index (χ1) is 5.25. The number of thiazole rings is 1. The van der Waals surface area contributed by atoms with Gasteiger partial charge >= 0.3 is 5.97 Å². The number of aromatic nitrogens is 1. The van der Waals surface area contributed by atoms with Crippen molar-refractivity contribution in [2.24, 2.45) is 0 Å². The van der Waals surface area contributed by atoms with Gasteiger partial charge in [0.15, 0.2) is 0 Å². The molecule has 60 valence electrons. The number of ether oxygens (including phenoxy) is 1. The molecule has 0 bridgehead atoms. The molecule has 0 aliphatic heterocycles. The molecular formula is C7H9NO2S. The highest BCUT2D eigenvalue weighted by Gasteiger charge is 2.17. The van der Waals surface area contributed by atoms with Gasteiger partial charge in [-0.2, -0.15) is 0 Å². The Hall–Kier alpha value is -0.900. The van der Waals surface area contributed by atoms with Crippen molar-refractivity contribution >= 4 is 17.3 Å². The van der Waals surface area contributed by atoms with Crippen molar-refractivity contribution < 1.29 is 9.53 Å². The van der Waals surface area contributed by atoms with E-state index in [1.807, 2.05) is 5.38 Å². The van der Waals surface area contributed by atoms with E-state index in [1.54, 1.807) is 13.1 Å². The van der Waals surface area contributed by atoms with Crippen LogP contribution in [0.25, 0.3) is 0 Å². The van der Waals surface area contributed by atoms with Gasteiger partial charge in [-0.05, 0) is 6.92 Å². The van der Waals surface area contributed by atoms with E-state index in [1.165, 1.54) is 18.4 Å². The van der Waals surface area contributed by atoms with Crippen LogP contribution in [0, 0.1) is 0 Å². The maximum atomic E-state index is 11.0. The van der Waals surface area contributed by atoms with Gasteiger partial charge in [0.05, 0.1) is 7.11 Å². The molecule has 0 saturated carbocycles. The monoisotopic (exact) mass is 171 g/mol. The second-order valence-electron chi connectivity index (χ2n) is 2.12. The lowest BCUT2D eigenvalue weighted by atomic mass is 10.2. The van der Waals surface area contributed by atoms with Gasteiger partial charge in [-0.25, -0.2) is 4.98 Å². The Morgan fingerprint density at radius 2 is 2.55 bits per heavy atom. The van der Waals surface area contributed by atoms with Crippen molar-refractivity contribution in [3.8, 4) is 0 Å². The molecule has 11 heavy (non-hydrogen) atoms. The summed E-state index contributed by atoms with van der Waals surface area (Å²) < 4.78 is 4.56. The van der Waals surface area contributed by atoms with Crippen molar-refractivity contribution in [1.82, 2.24) is 4.98 Å². The van der Waals surface area contributed by atoms with Crippen molar-refractivity contribution in [2.75, 3.05) is 7.11 Å². The normalized spacial score (nSPS) is 12.5. The van der Waals surface area contributed by atoms with Crippen LogP contribution in [0.15, 0.2) is 11.6 Å². The van der Waals surface area contributed by atoms with Gasteiger partial charge in [-0.3, -0.25) is 4.79 Å². The Balaban J connectivity index is 2.70. The molecule has 0 saturated heterocycles. The summed E-state index contributed by atoms with van der Waals surface area (Å²) >= 11 is 1.46. The van der Waals surface area contributed by atoms with Crippen molar-refractivity contribution in [3.05, 3.63) is 16.6 Å². The number of methoxy groups -OCH3 is 1. The minimum atomic E-state index is -0.236. The topological polar surface area (TPSA) is 39.2 Å². The van der Waals surface area contributed by atoms with Crippen LogP contribution in [0.1, 0.15) is 17.8 Å². The van der Waals surface area contributed by atoms with Crippen molar-refractivity contribution in [1.29, 1.82) is 0 Å². The van der Waals surface area contributed by atoms with Crippen LogP contribution in [0.4, 0.5) is 0 Å². The molecule has 1 aromatic heterocycles. The zero-order valence-electron chi connectivity index (χ0n) is 6.40. The first-order valence-electron chi connectivity index (χ1n) is 3.23. The van der Waals surface area contributed by atoms with Crippen LogP contribution < -0.4 is 0 Å². The van der Waals surface area contributed by atoms with Gasteiger partial charge in [0, 0.05) is 11.6 Å². The standard InChI is InChI=1S/C7H9NO2S/c1-5(7(9)10-2)6-8-3-4-11-6/h3-5H,1-2H3. The van der Waals surface area contributed by atoms with Gasteiger partial charge in [0.25, 0.3) is 0 Å². The predicted octanol–water partition coefficient (Wildman–Crippen LogP) is 1.42. The van der Waals surface area contributed by atoms with Crippen LogP contribution in [0.3, 0.4) is 0 Å². The van der Waals surface area contributed by atoms with E-state index in [4.69, 9.17) is 0 Å². The summed E-state index contributed by atoms with van der Waals surface area (Å²) in [5.41, 5.74) is 0. The molecule has 1 rings (SSSR count). The maximum Gasteiger partial charge on any atom is 0.315 e. The van der Waals surface area contributed by atoms with Gasteiger partial charge in [-0.15, -0.1) is 11.3 Å². The average molecular weight is 171 g/mol. The number of rotatable bonds is 2. The highest BCUT2D eigenvalue weighted by Crippen LogP contribution is 2.18. The lowest BCUT2D eigenvalue weighted by Crippen LogP contribution is -2.10. The molecular weight excluding hydrogens is 162 g/mol. The Bertz CT molecular complexity index is 233. The van der Waals surface area contributed by atoms with Crippen LogP contribution in [-0.2, 0) is 9.53 Å². The molecule has 0 amide bonds. The Kier molecular flexibility index (Phi) is 2.59. The van der Waals surface area contributed by atoms with E-state index >= 15 is 0 Å². The lowest BCUT2D eigenvalue weighted by Gasteiger charge is -2.03. The van der Waals surface area contributed by atoms with Gasteiger partial charge in [0.1, 0.15) is 10.9 Å². The first-order valence-corrected chi connectivity index (χ1v) is 4.11. The molecule has 1 unspecified atom stereocenters. The van der Waals surface area contributed by atoms with Gasteiger partial charge < -0.3 is 4.74 Å². The SMILES string of the molecule is COC(=O)C(C)c1nccs1. The highest BCUT2D eigenvalue weighted by molar-refractivity contribution is 7.09. The third-order valence-electron chi connectivity index (χ3n) is 1.38. The third-order valence-corrected chi connectivity index (χ3v) is 2.33. The molecule has 1 aromatic rings. The molecule has 0 radical (unpaired) electrons. The summed E-state index contributed by atoms with van der Waals surface area (Å²) in [6, 6.07) is 0. The zero-order valence-corrected chi connectivity index (χ0v) is 7.22. The van der Waals surface area contributed by atoms with Crippen LogP contribution in [0.2, 0.25) is 0 Å². The van der Waals surface area contributed by atoms with E-state index in [2.05, 4.69) is 9.72 Å². The van der Waals surface area contributed by atoms with Gasteiger partial charge in [-0.1, -0.05) is 0 Å². The van der Waals surface area contributed by atoms with Crippen molar-refractivity contribution in [2.45, 2.75) is 12.8 Å². The number of carbonyl (C=O) groups excluding carboxylic acids is 1. The number of carbonyl (C=O) groups is 1. The second kappa shape index (κ2) is 3.48. The Morgan fingerprint density at radius 3 is 3.00 bits per heavy atom. The van der Waals surface area contributed by atoms with Crippen LogP contribution >= 0.6 is 11.3 Å². The van der Waals surface area contributed by atoms with E-state index < -0.39 is 0 Å². The second-order valence-corrected chi connectivity index (χ2v) is 3.04. The Labute approximate surface area is 69.0 Å². The number of esters is 1. The number of hydrogen-bond donors (Lipinski definition) is 0. The minimum absolute atomic E-state index is 0.236. The first kappa shape index (κ1) is 8.20. The predicted molar refractivity (Wildman–Crippen MR) is 42.5 cm³/mol. The van der Waals surface area contributed by atoms with E-state index in [0.29, 0.717) is 0 Å². The molecule has 3 nitrogen and oxygen atoms in total. The summed E-state index contributed by atoms with van der Waals surface area (Å²) in [6.07, 6.45) is 1.68. The van der Waals surface area contributed by atoms with Crippen molar-refractivity contribution in [3.63, 3.8) is 0 Å². The largest absolute Gasteiger partial charge is 0.468 e. The molecule has 1 heterocycles. The molecule has 0 aliphatic carbocycles. The number of hydrogen-bond acceptors (Lipinski definition) is 4. The fraction of sp³-hybridized carbons (Fsp3) is 0.429. The molecule has 4 heteroatoms. The summed E-state index contributed by atoms with van der Waals surface area (Å²) in [5.74, 6) is -0.472. The fourth-order valence-corrected chi connectivity index (χ4v) is 1.41. The summed E-state index contributed by atoms with van der Waals surface area (Å²) in [6.45, 7) is 1.78. The quantitative estimate of drug-likeness (QED) is 0.632. The number of nitrogens with zero attached hydrogens (tertiary/aromatic N) is 1. The molecule has 0 aliphatic rings. The molecule has 0 aromatic carbocycles. The van der Waals surface area contributed by atoms with E-state index in [9.17, 15) is 4.79 Å². The van der Waals surface area contributed by atoms with Crippen LogP contribution in [-0.4, -0.2) is 18.1 Å². The van der Waals surface area contributed by atoms with E-state index in [0.717, 1.165) is 5.01 Å². The summed E-state index contributed by atoms with van der Waals surface area (Å²) in [5, 5.41) is 2.64. The summed E-state index contributed by atoms with van der Waals surface area (Å²) in [4.78, 5) is 15.0. The summed E-state index contributed by atoms with van der Waals surface area (Å²) in [7, 11) is 1.38. The molecule has 1 atom stereocenters. The molecule has 0 fully saturated rings. The maximum absolute atomic E-state index is 11.0. The van der Waals surface area contributed by atoms with Gasteiger partial charge in [0.2, 0.25) is 0 Å². The fourth-order valence-electron chi connectivity index (χ4n) is 0.726. The molecule has 0 N–H and O–H groups in total. The third kappa shape index (κ3) is 1.77. The molecule has 0 spiro atoms. The van der Waals surface area contributed by atoms with E-state index in [-0.39, 0.29) is 11.9 Å². The van der Waals surface area contributed by atoms with Crippen LogP contribution in [0.5, 0.6) is 0 Å². The Morgan fingerprint density at radius 1 is 1.82 bits per heavy atom. The minimum Gasteiger partial charge on any atom is -0.468 e.